The Labute approximate surface area is 102 Å². The Morgan fingerprint density at radius 2 is 2.11 bits per heavy atom. The fourth-order valence-electron chi connectivity index (χ4n) is 1.42. The summed E-state index contributed by atoms with van der Waals surface area (Å²) >= 11 is 0. The summed E-state index contributed by atoms with van der Waals surface area (Å²) in [5, 5.41) is 17.6. The molecule has 0 bridgehead atoms. The first-order chi connectivity index (χ1) is 8.58. The van der Waals surface area contributed by atoms with E-state index in [-0.39, 0.29) is 16.9 Å². The van der Waals surface area contributed by atoms with Gasteiger partial charge in [0.15, 0.2) is 0 Å². The highest BCUT2D eigenvalue weighted by atomic mass is 16.4. The number of anilines is 2. The lowest BCUT2D eigenvalue weighted by molar-refractivity contribution is 0.0698. The van der Waals surface area contributed by atoms with Gasteiger partial charge in [0.05, 0.1) is 11.3 Å². The average molecular weight is 246 g/mol. The van der Waals surface area contributed by atoms with E-state index < -0.39 is 11.9 Å². The molecule has 0 spiro atoms. The third-order valence-corrected chi connectivity index (χ3v) is 2.27. The average Bonchev–Trinajstić information content (AvgIpc) is 2.81. The van der Waals surface area contributed by atoms with Crippen LogP contribution in [0.3, 0.4) is 0 Å². The number of nitrogen functional groups attached to an aromatic ring is 1. The number of aromatic nitrogens is 2. The van der Waals surface area contributed by atoms with Gasteiger partial charge in [0.25, 0.3) is 5.91 Å². The highest BCUT2D eigenvalue weighted by molar-refractivity contribution is 6.07. The van der Waals surface area contributed by atoms with Crippen LogP contribution in [-0.2, 0) is 0 Å². The molecule has 1 aromatic heterocycles. The van der Waals surface area contributed by atoms with E-state index >= 15 is 0 Å². The molecule has 7 nitrogen and oxygen atoms in total. The number of carboxylic acids is 1. The zero-order valence-corrected chi connectivity index (χ0v) is 9.18. The third-order valence-electron chi connectivity index (χ3n) is 2.27. The first-order valence-corrected chi connectivity index (χ1v) is 5.01. The summed E-state index contributed by atoms with van der Waals surface area (Å²) in [5.41, 5.74) is 6.26. The minimum absolute atomic E-state index is 0.0305. The molecular weight excluding hydrogens is 236 g/mol. The highest BCUT2D eigenvalue weighted by Crippen LogP contribution is 2.19. The number of carbonyl (C=O) groups is 2. The predicted molar refractivity (Wildman–Crippen MR) is 64.4 cm³/mol. The molecule has 18 heavy (non-hydrogen) atoms. The van der Waals surface area contributed by atoms with E-state index in [4.69, 9.17) is 10.8 Å². The number of hydrogen-bond acceptors (Lipinski definition) is 4. The maximum absolute atomic E-state index is 11.7. The highest BCUT2D eigenvalue weighted by Gasteiger charge is 2.14. The van der Waals surface area contributed by atoms with Crippen LogP contribution in [0.2, 0.25) is 0 Å². The number of benzene rings is 1. The number of rotatable bonds is 3. The van der Waals surface area contributed by atoms with Gasteiger partial charge in [-0.1, -0.05) is 0 Å². The minimum atomic E-state index is -1.14. The number of amides is 1. The van der Waals surface area contributed by atoms with Gasteiger partial charge in [-0.3, -0.25) is 9.89 Å². The quantitative estimate of drug-likeness (QED) is 0.600. The van der Waals surface area contributed by atoms with Crippen molar-refractivity contribution in [1.29, 1.82) is 0 Å². The fourth-order valence-corrected chi connectivity index (χ4v) is 1.42. The summed E-state index contributed by atoms with van der Waals surface area (Å²) < 4.78 is 0. The van der Waals surface area contributed by atoms with Crippen molar-refractivity contribution in [3.63, 3.8) is 0 Å². The minimum Gasteiger partial charge on any atom is -0.478 e. The molecule has 0 saturated heterocycles. The molecule has 7 heteroatoms. The first-order valence-electron chi connectivity index (χ1n) is 5.01. The van der Waals surface area contributed by atoms with Crippen molar-refractivity contribution < 1.29 is 14.7 Å². The van der Waals surface area contributed by atoms with Crippen molar-refractivity contribution in [2.24, 2.45) is 0 Å². The van der Waals surface area contributed by atoms with E-state index in [1.807, 2.05) is 0 Å². The summed E-state index contributed by atoms with van der Waals surface area (Å²) in [6.45, 7) is 0. The summed E-state index contributed by atoms with van der Waals surface area (Å²) in [7, 11) is 0. The van der Waals surface area contributed by atoms with E-state index in [2.05, 4.69) is 15.5 Å². The molecule has 0 radical (unpaired) electrons. The zero-order valence-electron chi connectivity index (χ0n) is 9.18. The molecule has 1 aromatic carbocycles. The van der Waals surface area contributed by atoms with Gasteiger partial charge in [-0.2, -0.15) is 5.10 Å². The van der Waals surface area contributed by atoms with Crippen LogP contribution in [0.4, 0.5) is 11.4 Å². The molecule has 0 aliphatic rings. The molecule has 1 heterocycles. The molecule has 5 N–H and O–H groups in total. The maximum atomic E-state index is 11.7. The predicted octanol–water partition coefficient (Wildman–Crippen LogP) is 0.942. The largest absolute Gasteiger partial charge is 0.478 e. The number of nitrogens with zero attached hydrogens (tertiary/aromatic N) is 1. The fraction of sp³-hybridized carbons (Fsp3) is 0. The van der Waals surface area contributed by atoms with Gasteiger partial charge >= 0.3 is 5.97 Å². The molecular formula is C11H10N4O3. The van der Waals surface area contributed by atoms with Gasteiger partial charge in [0.2, 0.25) is 0 Å². The van der Waals surface area contributed by atoms with Crippen molar-refractivity contribution >= 4 is 23.3 Å². The van der Waals surface area contributed by atoms with Gasteiger partial charge in [0, 0.05) is 11.9 Å². The summed E-state index contributed by atoms with van der Waals surface area (Å²) in [5.74, 6) is -1.63. The lowest BCUT2D eigenvalue weighted by atomic mass is 10.1. The number of aromatic carboxylic acids is 1. The number of H-pyrrole nitrogens is 1. The lowest BCUT2D eigenvalue weighted by Crippen LogP contribution is -2.15. The maximum Gasteiger partial charge on any atom is 0.337 e. The van der Waals surface area contributed by atoms with Crippen molar-refractivity contribution in [2.45, 2.75) is 0 Å². The molecule has 0 aliphatic carbocycles. The molecule has 1 amide bonds. The van der Waals surface area contributed by atoms with Gasteiger partial charge in [-0.05, 0) is 24.3 Å². The number of aromatic amines is 1. The van der Waals surface area contributed by atoms with Crippen LogP contribution in [0, 0.1) is 0 Å². The molecule has 2 rings (SSSR count). The van der Waals surface area contributed by atoms with E-state index in [9.17, 15) is 9.59 Å². The molecule has 0 saturated carbocycles. The summed E-state index contributed by atoms with van der Waals surface area (Å²) in [6, 6.07) is 5.65. The normalized spacial score (nSPS) is 10.0. The van der Waals surface area contributed by atoms with Gasteiger partial charge in [-0.25, -0.2) is 4.79 Å². The number of carbonyl (C=O) groups excluding carboxylic acids is 1. The topological polar surface area (TPSA) is 121 Å². The standard InChI is InChI=1S/C11H10N4O3/c12-6-1-2-7(11(17)18)9(5-6)14-10(16)8-3-4-13-15-8/h1-5H,12H2,(H,13,15)(H,14,16)(H,17,18). The van der Waals surface area contributed by atoms with E-state index in [0.717, 1.165) is 0 Å². The smallest absolute Gasteiger partial charge is 0.337 e. The number of nitrogens with one attached hydrogen (secondary N) is 2. The van der Waals surface area contributed by atoms with Gasteiger partial charge in [0.1, 0.15) is 5.69 Å². The Morgan fingerprint density at radius 3 is 2.72 bits per heavy atom. The van der Waals surface area contributed by atoms with E-state index in [1.165, 1.54) is 30.5 Å². The third kappa shape index (κ3) is 2.29. The van der Waals surface area contributed by atoms with Crippen LogP contribution in [0.5, 0.6) is 0 Å². The second-order valence-corrected chi connectivity index (χ2v) is 3.53. The number of nitrogens with two attached hydrogens (primary N) is 1. The monoisotopic (exact) mass is 246 g/mol. The summed E-state index contributed by atoms with van der Waals surface area (Å²) in [4.78, 5) is 22.7. The molecule has 0 aliphatic heterocycles. The second kappa shape index (κ2) is 4.58. The molecule has 0 unspecified atom stereocenters. The van der Waals surface area contributed by atoms with Gasteiger partial charge in [-0.15, -0.1) is 0 Å². The van der Waals surface area contributed by atoms with Crippen LogP contribution in [0.15, 0.2) is 30.5 Å². The second-order valence-electron chi connectivity index (χ2n) is 3.53. The summed E-state index contributed by atoms with van der Waals surface area (Å²) in [6.07, 6.45) is 1.42. The van der Waals surface area contributed by atoms with Crippen LogP contribution in [0.1, 0.15) is 20.8 Å². The molecule has 0 fully saturated rings. The Balaban J connectivity index is 2.31. The Kier molecular flexibility index (Phi) is 2.96. The van der Waals surface area contributed by atoms with Crippen molar-refractivity contribution in [2.75, 3.05) is 11.1 Å². The Bertz CT molecular complexity index is 592. The zero-order chi connectivity index (χ0) is 13.1. The number of carboxylic acid groups (broad SMARTS) is 1. The van der Waals surface area contributed by atoms with Crippen LogP contribution >= 0.6 is 0 Å². The molecule has 92 valence electrons. The van der Waals surface area contributed by atoms with E-state index in [1.54, 1.807) is 0 Å². The lowest BCUT2D eigenvalue weighted by Gasteiger charge is -2.08. The van der Waals surface area contributed by atoms with Crippen LogP contribution in [-0.4, -0.2) is 27.2 Å². The van der Waals surface area contributed by atoms with Crippen LogP contribution < -0.4 is 11.1 Å². The Morgan fingerprint density at radius 1 is 1.33 bits per heavy atom. The van der Waals surface area contributed by atoms with Crippen molar-refractivity contribution in [1.82, 2.24) is 10.2 Å². The van der Waals surface area contributed by atoms with Crippen LogP contribution in [0.25, 0.3) is 0 Å². The number of hydrogen-bond donors (Lipinski definition) is 4. The van der Waals surface area contributed by atoms with Gasteiger partial charge < -0.3 is 16.2 Å². The Hall–Kier alpha value is -2.83. The van der Waals surface area contributed by atoms with Crippen molar-refractivity contribution in [3.05, 3.63) is 41.7 Å². The first kappa shape index (κ1) is 11.6. The van der Waals surface area contributed by atoms with Crippen molar-refractivity contribution in [3.8, 4) is 0 Å². The molecule has 2 aromatic rings. The SMILES string of the molecule is Nc1ccc(C(=O)O)c(NC(=O)c2ccn[nH]2)c1. The van der Waals surface area contributed by atoms with E-state index in [0.29, 0.717) is 5.69 Å². The molecule has 0 atom stereocenters.